The first-order valence-electron chi connectivity index (χ1n) is 8.64. The highest BCUT2D eigenvalue weighted by Gasteiger charge is 2.27. The lowest BCUT2D eigenvalue weighted by molar-refractivity contribution is -0.133. The Labute approximate surface area is 148 Å². The number of nitrogens with zero attached hydrogens (tertiary/aromatic N) is 2. The number of nitrogens with one attached hydrogen (secondary N) is 2. The third-order valence-corrected chi connectivity index (χ3v) is 4.02. The van der Waals surface area contributed by atoms with E-state index >= 15 is 0 Å². The van der Waals surface area contributed by atoms with Gasteiger partial charge in [-0.3, -0.25) is 9.79 Å². The molecule has 1 aliphatic rings. The summed E-state index contributed by atoms with van der Waals surface area (Å²) in [5, 5.41) is 6.49. The van der Waals surface area contributed by atoms with Crippen LogP contribution in [-0.4, -0.2) is 56.1 Å². The van der Waals surface area contributed by atoms with Gasteiger partial charge >= 0.3 is 0 Å². The van der Waals surface area contributed by atoms with Gasteiger partial charge in [0.1, 0.15) is 18.2 Å². The summed E-state index contributed by atoms with van der Waals surface area (Å²) < 4.78 is 18.6. The van der Waals surface area contributed by atoms with Gasteiger partial charge in [-0.15, -0.1) is 0 Å². The number of rotatable bonds is 6. The predicted molar refractivity (Wildman–Crippen MR) is 96.2 cm³/mol. The Bertz CT molecular complexity index is 606. The van der Waals surface area contributed by atoms with Crippen LogP contribution in [0, 0.1) is 11.7 Å². The van der Waals surface area contributed by atoms with Crippen molar-refractivity contribution in [2.45, 2.75) is 26.3 Å². The predicted octanol–water partition coefficient (Wildman–Crippen LogP) is 1.63. The number of carbonyl (C=O) groups is 1. The van der Waals surface area contributed by atoms with Crippen LogP contribution in [0.15, 0.2) is 29.3 Å². The van der Waals surface area contributed by atoms with Crippen molar-refractivity contribution in [2.24, 2.45) is 10.9 Å². The summed E-state index contributed by atoms with van der Waals surface area (Å²) in [4.78, 5) is 18.1. The van der Waals surface area contributed by atoms with Crippen LogP contribution in [0.3, 0.4) is 0 Å². The van der Waals surface area contributed by atoms with Gasteiger partial charge in [0.25, 0.3) is 0 Å². The maximum absolute atomic E-state index is 13.1. The highest BCUT2D eigenvalue weighted by Crippen LogP contribution is 2.13. The first kappa shape index (κ1) is 19.0. The lowest BCUT2D eigenvalue weighted by Crippen LogP contribution is -2.46. The summed E-state index contributed by atoms with van der Waals surface area (Å²) in [5.74, 6) is 1.08. The second-order valence-corrected chi connectivity index (χ2v) is 6.37. The molecule has 138 valence electrons. The number of carbonyl (C=O) groups excluding carboxylic acids is 1. The van der Waals surface area contributed by atoms with E-state index in [0.29, 0.717) is 31.4 Å². The molecule has 7 heteroatoms. The highest BCUT2D eigenvalue weighted by molar-refractivity contribution is 5.81. The zero-order valence-electron chi connectivity index (χ0n) is 15.1. The molecule has 2 N–H and O–H groups in total. The van der Waals surface area contributed by atoms with E-state index in [1.807, 2.05) is 18.7 Å². The summed E-state index contributed by atoms with van der Waals surface area (Å²) in [6, 6.07) is 6.26. The van der Waals surface area contributed by atoms with E-state index in [-0.39, 0.29) is 23.7 Å². The summed E-state index contributed by atoms with van der Waals surface area (Å²) in [5.41, 5.74) is 0. The molecule has 1 aliphatic heterocycles. The second kappa shape index (κ2) is 9.25. The Morgan fingerprint density at radius 1 is 1.48 bits per heavy atom. The van der Waals surface area contributed by atoms with Crippen molar-refractivity contribution in [2.75, 3.05) is 33.3 Å². The van der Waals surface area contributed by atoms with Gasteiger partial charge in [0.15, 0.2) is 5.96 Å². The third kappa shape index (κ3) is 5.92. The Kier molecular flexibility index (Phi) is 7.03. The number of hydrogen-bond acceptors (Lipinski definition) is 3. The van der Waals surface area contributed by atoms with Crippen molar-refractivity contribution in [1.82, 2.24) is 15.5 Å². The molecule has 0 bridgehead atoms. The fraction of sp³-hybridized carbons (Fsp3) is 0.556. The molecule has 0 aromatic heterocycles. The van der Waals surface area contributed by atoms with E-state index in [1.165, 1.54) is 12.1 Å². The zero-order valence-corrected chi connectivity index (χ0v) is 15.1. The third-order valence-electron chi connectivity index (χ3n) is 4.02. The molecule has 1 fully saturated rings. The van der Waals surface area contributed by atoms with Crippen molar-refractivity contribution in [3.8, 4) is 5.75 Å². The van der Waals surface area contributed by atoms with Crippen molar-refractivity contribution in [1.29, 1.82) is 0 Å². The van der Waals surface area contributed by atoms with Crippen molar-refractivity contribution >= 4 is 11.9 Å². The number of hydrogen-bond donors (Lipinski definition) is 2. The highest BCUT2D eigenvalue weighted by atomic mass is 19.1. The molecule has 25 heavy (non-hydrogen) atoms. The molecular formula is C18H27FN4O2. The van der Waals surface area contributed by atoms with Crippen LogP contribution in [-0.2, 0) is 4.79 Å². The number of benzene rings is 1. The van der Waals surface area contributed by atoms with Crippen molar-refractivity contribution in [3.63, 3.8) is 0 Å². The standard InChI is InChI=1S/C18H27FN4O2/c1-13(2)17(24)23-9-7-15(12-23)22-18(20-3)21-8-10-25-16-6-4-5-14(19)11-16/h4-6,11,13,15H,7-10,12H2,1-3H3,(H2,20,21,22). The molecule has 0 radical (unpaired) electrons. The van der Waals surface area contributed by atoms with Crippen molar-refractivity contribution < 1.29 is 13.9 Å². The van der Waals surface area contributed by atoms with E-state index < -0.39 is 0 Å². The molecular weight excluding hydrogens is 323 g/mol. The molecule has 1 heterocycles. The van der Waals surface area contributed by atoms with Gasteiger partial charge in [-0.1, -0.05) is 19.9 Å². The molecule has 0 saturated carbocycles. The molecule has 1 aromatic carbocycles. The monoisotopic (exact) mass is 350 g/mol. The average Bonchev–Trinajstić information content (AvgIpc) is 3.05. The fourth-order valence-electron chi connectivity index (χ4n) is 2.73. The van der Waals surface area contributed by atoms with Gasteiger partial charge in [0.2, 0.25) is 5.91 Å². The summed E-state index contributed by atoms with van der Waals surface area (Å²) in [6.07, 6.45) is 0.902. The molecule has 6 nitrogen and oxygen atoms in total. The van der Waals surface area contributed by atoms with Gasteiger partial charge in [0, 0.05) is 38.2 Å². The van der Waals surface area contributed by atoms with Gasteiger partial charge in [-0.25, -0.2) is 4.39 Å². The van der Waals surface area contributed by atoms with Crippen molar-refractivity contribution in [3.05, 3.63) is 30.1 Å². The smallest absolute Gasteiger partial charge is 0.225 e. The van der Waals surface area contributed by atoms with E-state index in [0.717, 1.165) is 13.0 Å². The largest absolute Gasteiger partial charge is 0.492 e. The number of halogens is 1. The number of ether oxygens (including phenoxy) is 1. The van der Waals surface area contributed by atoms with Gasteiger partial charge < -0.3 is 20.3 Å². The minimum absolute atomic E-state index is 0.0242. The number of likely N-dealkylation sites (tertiary alicyclic amines) is 1. The lowest BCUT2D eigenvalue weighted by atomic mass is 10.2. The van der Waals surface area contributed by atoms with Crippen LogP contribution < -0.4 is 15.4 Å². The Hall–Kier alpha value is -2.31. The number of aliphatic imine (C=N–C) groups is 1. The molecule has 0 aliphatic carbocycles. The zero-order chi connectivity index (χ0) is 18.2. The van der Waals surface area contributed by atoms with Gasteiger partial charge in [-0.05, 0) is 18.6 Å². The fourth-order valence-corrected chi connectivity index (χ4v) is 2.73. The second-order valence-electron chi connectivity index (χ2n) is 6.37. The van der Waals surface area contributed by atoms with Crippen LogP contribution >= 0.6 is 0 Å². The molecule has 2 rings (SSSR count). The molecule has 0 spiro atoms. The van der Waals surface area contributed by atoms with Crippen LogP contribution in [0.5, 0.6) is 5.75 Å². The average molecular weight is 350 g/mol. The quantitative estimate of drug-likeness (QED) is 0.465. The normalized spacial score (nSPS) is 17.7. The van der Waals surface area contributed by atoms with Crippen LogP contribution in [0.2, 0.25) is 0 Å². The first-order chi connectivity index (χ1) is 12.0. The van der Waals surface area contributed by atoms with Crippen LogP contribution in [0.4, 0.5) is 4.39 Å². The van der Waals surface area contributed by atoms with Gasteiger partial charge in [0.05, 0.1) is 6.54 Å². The molecule has 1 unspecified atom stereocenters. The Balaban J connectivity index is 1.70. The minimum atomic E-state index is -0.315. The Morgan fingerprint density at radius 2 is 2.28 bits per heavy atom. The Morgan fingerprint density at radius 3 is 2.96 bits per heavy atom. The SMILES string of the molecule is CN=C(NCCOc1cccc(F)c1)NC1CCN(C(=O)C(C)C)C1. The summed E-state index contributed by atoms with van der Waals surface area (Å²) in [6.45, 7) is 6.24. The molecule has 1 atom stereocenters. The number of guanidine groups is 1. The van der Waals surface area contributed by atoms with E-state index in [9.17, 15) is 9.18 Å². The molecule has 1 amide bonds. The van der Waals surface area contributed by atoms with E-state index in [1.54, 1.807) is 19.2 Å². The molecule has 1 saturated heterocycles. The van der Waals surface area contributed by atoms with E-state index in [4.69, 9.17) is 4.74 Å². The van der Waals surface area contributed by atoms with Gasteiger partial charge in [-0.2, -0.15) is 0 Å². The maximum atomic E-state index is 13.1. The maximum Gasteiger partial charge on any atom is 0.225 e. The van der Waals surface area contributed by atoms with Crippen LogP contribution in [0.1, 0.15) is 20.3 Å². The summed E-state index contributed by atoms with van der Waals surface area (Å²) in [7, 11) is 1.70. The number of amides is 1. The van der Waals surface area contributed by atoms with Crippen LogP contribution in [0.25, 0.3) is 0 Å². The summed E-state index contributed by atoms with van der Waals surface area (Å²) >= 11 is 0. The van der Waals surface area contributed by atoms with E-state index in [2.05, 4.69) is 15.6 Å². The topological polar surface area (TPSA) is 66.0 Å². The lowest BCUT2D eigenvalue weighted by Gasteiger charge is -2.20. The first-order valence-corrected chi connectivity index (χ1v) is 8.64. The molecule has 1 aromatic rings. The minimum Gasteiger partial charge on any atom is -0.492 e.